The quantitative estimate of drug-likeness (QED) is 0.745. The molecule has 3 aromatic heterocycles. The van der Waals surface area contributed by atoms with Gasteiger partial charge in [-0.2, -0.15) is 0 Å². The van der Waals surface area contributed by atoms with Crippen LogP contribution in [0.2, 0.25) is 0 Å². The number of hydrogen-bond donors (Lipinski definition) is 1. The van der Waals surface area contributed by atoms with Crippen molar-refractivity contribution >= 4 is 11.5 Å². The van der Waals surface area contributed by atoms with Crippen LogP contribution in [0.3, 0.4) is 0 Å². The summed E-state index contributed by atoms with van der Waals surface area (Å²) in [6.45, 7) is 2.55. The van der Waals surface area contributed by atoms with E-state index < -0.39 is 0 Å². The summed E-state index contributed by atoms with van der Waals surface area (Å²) in [7, 11) is 0. The van der Waals surface area contributed by atoms with E-state index in [0.717, 1.165) is 22.3 Å². The Morgan fingerprint density at radius 1 is 1.32 bits per heavy atom. The summed E-state index contributed by atoms with van der Waals surface area (Å²) in [6.07, 6.45) is 6.70. The zero-order valence-corrected chi connectivity index (χ0v) is 12.2. The van der Waals surface area contributed by atoms with E-state index in [2.05, 4.69) is 9.97 Å². The minimum atomic E-state index is -0.362. The van der Waals surface area contributed by atoms with Gasteiger partial charge in [0.05, 0.1) is 17.9 Å². The molecule has 0 saturated heterocycles. The Hall–Kier alpha value is -2.73. The molecule has 22 heavy (non-hydrogen) atoms. The lowest BCUT2D eigenvalue weighted by atomic mass is 10.1. The normalized spacial score (nSPS) is 10.8. The first-order valence-electron chi connectivity index (χ1n) is 7.01. The number of fused-ring (bicyclic) bond motifs is 1. The Labute approximate surface area is 127 Å². The van der Waals surface area contributed by atoms with E-state index in [1.54, 1.807) is 25.4 Å². The zero-order chi connectivity index (χ0) is 15.5. The van der Waals surface area contributed by atoms with Gasteiger partial charge in [0.15, 0.2) is 0 Å². The molecular formula is C16H16N4O2. The molecule has 112 valence electrons. The fourth-order valence-electron chi connectivity index (χ4n) is 2.43. The number of nitrogens with zero attached hydrogens (tertiary/aromatic N) is 3. The van der Waals surface area contributed by atoms with Crippen molar-refractivity contribution in [1.82, 2.24) is 14.4 Å². The average Bonchev–Trinajstić information content (AvgIpc) is 2.94. The monoisotopic (exact) mass is 296 g/mol. The summed E-state index contributed by atoms with van der Waals surface area (Å²) in [5.41, 5.74) is 9.53. The maximum Gasteiger partial charge on any atom is 0.340 e. The first-order valence-corrected chi connectivity index (χ1v) is 7.01. The molecule has 0 fully saturated rings. The number of aromatic nitrogens is 3. The fourth-order valence-corrected chi connectivity index (χ4v) is 2.43. The summed E-state index contributed by atoms with van der Waals surface area (Å²) in [6, 6.07) is 5.69. The van der Waals surface area contributed by atoms with Gasteiger partial charge in [-0.15, -0.1) is 0 Å². The Morgan fingerprint density at radius 2 is 2.09 bits per heavy atom. The summed E-state index contributed by atoms with van der Waals surface area (Å²) in [5.74, 6) is -0.362. The van der Waals surface area contributed by atoms with Crippen LogP contribution in [0.25, 0.3) is 16.8 Å². The number of ether oxygens (including phenoxy) is 1. The van der Waals surface area contributed by atoms with Crippen molar-refractivity contribution in [3.8, 4) is 11.3 Å². The lowest BCUT2D eigenvalue weighted by molar-refractivity contribution is 0.0527. The first kappa shape index (κ1) is 14.2. The van der Waals surface area contributed by atoms with Crippen molar-refractivity contribution in [3.63, 3.8) is 0 Å². The highest BCUT2D eigenvalue weighted by Crippen LogP contribution is 2.28. The van der Waals surface area contributed by atoms with Gasteiger partial charge in [0, 0.05) is 36.2 Å². The van der Waals surface area contributed by atoms with Crippen LogP contribution in [0, 0.1) is 0 Å². The Balaban J connectivity index is 2.26. The maximum atomic E-state index is 12.3. The minimum Gasteiger partial charge on any atom is -0.462 e. The summed E-state index contributed by atoms with van der Waals surface area (Å²) >= 11 is 0. The summed E-state index contributed by atoms with van der Waals surface area (Å²) < 4.78 is 7.08. The molecule has 0 radical (unpaired) electrons. The fraction of sp³-hybridized carbons (Fsp3) is 0.188. The molecule has 0 aliphatic heterocycles. The number of carbonyl (C=O) groups is 1. The molecule has 3 heterocycles. The molecule has 0 amide bonds. The van der Waals surface area contributed by atoms with Gasteiger partial charge < -0.3 is 14.9 Å². The Morgan fingerprint density at radius 3 is 2.77 bits per heavy atom. The number of pyridine rings is 1. The molecule has 0 bridgehead atoms. The van der Waals surface area contributed by atoms with Crippen LogP contribution >= 0.6 is 0 Å². The maximum absolute atomic E-state index is 12.3. The number of carbonyl (C=O) groups excluding carboxylic acids is 1. The summed E-state index contributed by atoms with van der Waals surface area (Å²) in [5, 5.41) is 0. The van der Waals surface area contributed by atoms with Gasteiger partial charge in [0.2, 0.25) is 0 Å². The topological polar surface area (TPSA) is 82.5 Å². The van der Waals surface area contributed by atoms with Crippen LogP contribution in [0.1, 0.15) is 22.8 Å². The van der Waals surface area contributed by atoms with Gasteiger partial charge in [-0.25, -0.2) is 14.8 Å². The molecule has 0 saturated carbocycles. The molecule has 6 nitrogen and oxygen atoms in total. The van der Waals surface area contributed by atoms with Gasteiger partial charge in [-0.1, -0.05) is 0 Å². The van der Waals surface area contributed by atoms with Gasteiger partial charge in [-0.3, -0.25) is 0 Å². The highest BCUT2D eigenvalue weighted by Gasteiger charge is 2.19. The molecule has 3 aromatic rings. The standard InChI is InChI=1S/C16H16N4O2/c1-2-22-16(21)14-6-13-5-11(7-17)3-4-20(13)15(14)12-8-18-10-19-9-12/h3-6,8-10H,2,7,17H2,1H3. The lowest BCUT2D eigenvalue weighted by Crippen LogP contribution is -2.05. The predicted octanol–water partition coefficient (Wildman–Crippen LogP) is 2.03. The zero-order valence-electron chi connectivity index (χ0n) is 12.2. The number of hydrogen-bond acceptors (Lipinski definition) is 5. The molecular weight excluding hydrogens is 280 g/mol. The number of nitrogens with two attached hydrogens (primary N) is 1. The van der Waals surface area contributed by atoms with E-state index in [1.165, 1.54) is 6.33 Å². The van der Waals surface area contributed by atoms with Gasteiger partial charge in [-0.05, 0) is 30.7 Å². The van der Waals surface area contributed by atoms with Crippen molar-refractivity contribution in [2.75, 3.05) is 6.61 Å². The van der Waals surface area contributed by atoms with Crippen LogP contribution in [-0.2, 0) is 11.3 Å². The second kappa shape index (κ2) is 5.95. The van der Waals surface area contributed by atoms with Crippen LogP contribution in [0.5, 0.6) is 0 Å². The molecule has 6 heteroatoms. The highest BCUT2D eigenvalue weighted by molar-refractivity contribution is 5.98. The van der Waals surface area contributed by atoms with E-state index in [-0.39, 0.29) is 5.97 Å². The first-order chi connectivity index (χ1) is 10.7. The van der Waals surface area contributed by atoms with Crippen LogP contribution in [-0.4, -0.2) is 26.9 Å². The van der Waals surface area contributed by atoms with Crippen molar-refractivity contribution < 1.29 is 9.53 Å². The van der Waals surface area contributed by atoms with E-state index >= 15 is 0 Å². The molecule has 0 aliphatic carbocycles. The predicted molar refractivity (Wildman–Crippen MR) is 82.3 cm³/mol. The molecule has 3 rings (SSSR count). The van der Waals surface area contributed by atoms with Crippen LogP contribution < -0.4 is 5.73 Å². The third-order valence-electron chi connectivity index (χ3n) is 3.40. The van der Waals surface area contributed by atoms with Crippen molar-refractivity contribution in [1.29, 1.82) is 0 Å². The third-order valence-corrected chi connectivity index (χ3v) is 3.40. The second-order valence-electron chi connectivity index (χ2n) is 4.79. The largest absolute Gasteiger partial charge is 0.462 e. The number of esters is 1. The van der Waals surface area contributed by atoms with E-state index in [4.69, 9.17) is 10.5 Å². The third kappa shape index (κ3) is 2.44. The van der Waals surface area contributed by atoms with Crippen molar-refractivity contribution in [2.45, 2.75) is 13.5 Å². The Kier molecular flexibility index (Phi) is 3.84. The molecule has 0 atom stereocenters. The SMILES string of the molecule is CCOC(=O)c1cc2cc(CN)ccn2c1-c1cncnc1. The van der Waals surface area contributed by atoms with E-state index in [1.807, 2.05) is 22.7 Å². The molecule has 0 unspecified atom stereocenters. The van der Waals surface area contributed by atoms with Crippen LogP contribution in [0.15, 0.2) is 43.1 Å². The highest BCUT2D eigenvalue weighted by atomic mass is 16.5. The average molecular weight is 296 g/mol. The second-order valence-corrected chi connectivity index (χ2v) is 4.79. The molecule has 0 spiro atoms. The van der Waals surface area contributed by atoms with E-state index in [9.17, 15) is 4.79 Å². The number of rotatable bonds is 4. The van der Waals surface area contributed by atoms with Crippen LogP contribution in [0.4, 0.5) is 0 Å². The van der Waals surface area contributed by atoms with Gasteiger partial charge in [0.1, 0.15) is 6.33 Å². The molecule has 2 N–H and O–H groups in total. The smallest absolute Gasteiger partial charge is 0.340 e. The van der Waals surface area contributed by atoms with Crippen molar-refractivity contribution in [3.05, 3.63) is 54.2 Å². The Bertz CT molecular complexity index is 812. The lowest BCUT2D eigenvalue weighted by Gasteiger charge is -2.06. The van der Waals surface area contributed by atoms with Gasteiger partial charge >= 0.3 is 5.97 Å². The van der Waals surface area contributed by atoms with Gasteiger partial charge in [0.25, 0.3) is 0 Å². The van der Waals surface area contributed by atoms with Crippen molar-refractivity contribution in [2.24, 2.45) is 5.73 Å². The molecule has 0 aromatic carbocycles. The van der Waals surface area contributed by atoms with E-state index in [0.29, 0.717) is 18.7 Å². The molecule has 0 aliphatic rings. The summed E-state index contributed by atoms with van der Waals surface area (Å²) in [4.78, 5) is 20.3. The minimum absolute atomic E-state index is 0.323.